The lowest BCUT2D eigenvalue weighted by Gasteiger charge is -2.29. The van der Waals surface area contributed by atoms with Gasteiger partial charge in [-0.25, -0.2) is 4.79 Å². The second-order valence-electron chi connectivity index (χ2n) is 5.84. The Labute approximate surface area is 143 Å². The molecule has 4 rings (SSSR count). The van der Waals surface area contributed by atoms with Gasteiger partial charge in [0.05, 0.1) is 5.52 Å². The van der Waals surface area contributed by atoms with E-state index < -0.39 is 5.76 Å². The van der Waals surface area contributed by atoms with Crippen LogP contribution in [0.15, 0.2) is 51.7 Å². The molecule has 1 aliphatic rings. The fraction of sp³-hybridized carbons (Fsp3) is 0.222. The molecule has 1 aromatic heterocycles. The molecule has 0 N–H and O–H groups in total. The number of oxazole rings is 1. The van der Waals surface area contributed by atoms with E-state index in [2.05, 4.69) is 0 Å². The summed E-state index contributed by atoms with van der Waals surface area (Å²) in [6.45, 7) is 0.605. The van der Waals surface area contributed by atoms with Crippen LogP contribution >= 0.6 is 11.6 Å². The first-order valence-electron chi connectivity index (χ1n) is 7.80. The van der Waals surface area contributed by atoms with Crippen molar-refractivity contribution in [2.75, 3.05) is 11.4 Å². The van der Waals surface area contributed by atoms with E-state index in [0.717, 1.165) is 24.1 Å². The Morgan fingerprint density at radius 2 is 2.04 bits per heavy atom. The predicted molar refractivity (Wildman–Crippen MR) is 92.6 cm³/mol. The van der Waals surface area contributed by atoms with Gasteiger partial charge in [0.2, 0.25) is 5.91 Å². The van der Waals surface area contributed by atoms with E-state index in [4.69, 9.17) is 16.0 Å². The predicted octanol–water partition coefficient (Wildman–Crippen LogP) is 3.23. The van der Waals surface area contributed by atoms with Gasteiger partial charge in [0.1, 0.15) is 6.54 Å². The number of carbonyl (C=O) groups is 1. The summed E-state index contributed by atoms with van der Waals surface area (Å²) in [5, 5.41) is 0.486. The number of halogens is 1. The molecule has 0 unspecified atom stereocenters. The van der Waals surface area contributed by atoms with Gasteiger partial charge in [-0.05, 0) is 36.6 Å². The number of benzene rings is 2. The molecule has 0 aliphatic carbocycles. The van der Waals surface area contributed by atoms with Crippen molar-refractivity contribution in [2.24, 2.45) is 0 Å². The van der Waals surface area contributed by atoms with Crippen molar-refractivity contribution in [1.29, 1.82) is 0 Å². The number of anilines is 1. The molecule has 1 aliphatic heterocycles. The Morgan fingerprint density at radius 3 is 2.92 bits per heavy atom. The van der Waals surface area contributed by atoms with Gasteiger partial charge in [-0.3, -0.25) is 9.36 Å². The maximum Gasteiger partial charge on any atom is 0.420 e. The fourth-order valence-corrected chi connectivity index (χ4v) is 3.37. The molecule has 122 valence electrons. The van der Waals surface area contributed by atoms with Crippen LogP contribution in [0, 0.1) is 0 Å². The molecule has 5 nitrogen and oxygen atoms in total. The highest BCUT2D eigenvalue weighted by molar-refractivity contribution is 6.31. The summed E-state index contributed by atoms with van der Waals surface area (Å²) < 4.78 is 6.54. The van der Waals surface area contributed by atoms with E-state index in [9.17, 15) is 9.59 Å². The van der Waals surface area contributed by atoms with Crippen molar-refractivity contribution in [3.05, 3.63) is 63.6 Å². The Morgan fingerprint density at radius 1 is 1.21 bits per heavy atom. The number of carbonyl (C=O) groups excluding carboxylic acids is 1. The Bertz CT molecular complexity index is 989. The summed E-state index contributed by atoms with van der Waals surface area (Å²) in [5.74, 6) is -0.673. The van der Waals surface area contributed by atoms with Gasteiger partial charge >= 0.3 is 5.76 Å². The Balaban J connectivity index is 1.69. The number of aromatic nitrogens is 1. The highest BCUT2D eigenvalue weighted by atomic mass is 35.5. The van der Waals surface area contributed by atoms with E-state index in [1.54, 1.807) is 23.1 Å². The SMILES string of the molecule is O=C(Cn1c(=O)oc2cc(Cl)ccc21)N1CCCc2ccccc21. The summed E-state index contributed by atoms with van der Waals surface area (Å²) in [7, 11) is 0. The smallest absolute Gasteiger partial charge is 0.408 e. The molecule has 0 atom stereocenters. The van der Waals surface area contributed by atoms with Crippen LogP contribution in [0.1, 0.15) is 12.0 Å². The lowest BCUT2D eigenvalue weighted by atomic mass is 10.0. The molecule has 0 saturated heterocycles. The summed E-state index contributed by atoms with van der Waals surface area (Å²) in [5.41, 5.74) is 3.05. The van der Waals surface area contributed by atoms with Crippen molar-refractivity contribution in [3.8, 4) is 0 Å². The Hall–Kier alpha value is -2.53. The summed E-state index contributed by atoms with van der Waals surface area (Å²) in [6, 6.07) is 12.8. The van der Waals surface area contributed by atoms with Gasteiger partial charge in [-0.15, -0.1) is 0 Å². The van der Waals surface area contributed by atoms with Crippen molar-refractivity contribution >= 4 is 34.3 Å². The van der Waals surface area contributed by atoms with Crippen LogP contribution in [-0.2, 0) is 17.8 Å². The first kappa shape index (κ1) is 15.0. The number of nitrogens with zero attached hydrogens (tertiary/aromatic N) is 2. The number of rotatable bonds is 2. The zero-order valence-corrected chi connectivity index (χ0v) is 13.6. The normalized spacial score (nSPS) is 14.0. The maximum absolute atomic E-state index is 12.8. The van der Waals surface area contributed by atoms with Crippen LogP contribution in [0.5, 0.6) is 0 Å². The number of hydrogen-bond acceptors (Lipinski definition) is 3. The average molecular weight is 343 g/mol. The molecule has 2 aromatic carbocycles. The largest absolute Gasteiger partial charge is 0.420 e. The Kier molecular flexibility index (Phi) is 3.65. The highest BCUT2D eigenvalue weighted by Gasteiger charge is 2.23. The monoisotopic (exact) mass is 342 g/mol. The van der Waals surface area contributed by atoms with Gasteiger partial charge in [0.25, 0.3) is 0 Å². The standard InChI is InChI=1S/C18H15ClN2O3/c19-13-7-8-15-16(10-13)24-18(23)21(15)11-17(22)20-9-3-5-12-4-1-2-6-14(12)20/h1-2,4,6-8,10H,3,5,9,11H2. The van der Waals surface area contributed by atoms with Crippen molar-refractivity contribution in [1.82, 2.24) is 4.57 Å². The second kappa shape index (κ2) is 5.83. The van der Waals surface area contributed by atoms with Crippen LogP contribution < -0.4 is 10.7 Å². The maximum atomic E-state index is 12.8. The molecule has 1 amide bonds. The van der Waals surface area contributed by atoms with E-state index in [1.165, 1.54) is 4.57 Å². The number of amides is 1. The van der Waals surface area contributed by atoms with Crippen molar-refractivity contribution in [2.45, 2.75) is 19.4 Å². The van der Waals surface area contributed by atoms with Crippen LogP contribution in [0.4, 0.5) is 5.69 Å². The van der Waals surface area contributed by atoms with Crippen molar-refractivity contribution in [3.63, 3.8) is 0 Å². The first-order valence-corrected chi connectivity index (χ1v) is 8.18. The minimum Gasteiger partial charge on any atom is -0.408 e. The molecule has 0 bridgehead atoms. The highest BCUT2D eigenvalue weighted by Crippen LogP contribution is 2.27. The number of hydrogen-bond donors (Lipinski definition) is 0. The lowest BCUT2D eigenvalue weighted by Crippen LogP contribution is -2.39. The third kappa shape index (κ3) is 2.51. The summed E-state index contributed by atoms with van der Waals surface area (Å²) in [4.78, 5) is 26.6. The molecular weight excluding hydrogens is 328 g/mol. The van der Waals surface area contributed by atoms with E-state index in [-0.39, 0.29) is 12.5 Å². The summed E-state index contributed by atoms with van der Waals surface area (Å²) in [6.07, 6.45) is 1.88. The average Bonchev–Trinajstić information content (AvgIpc) is 2.89. The molecular formula is C18H15ClN2O3. The van der Waals surface area contributed by atoms with E-state index in [0.29, 0.717) is 22.7 Å². The van der Waals surface area contributed by atoms with Gasteiger partial charge in [0.15, 0.2) is 5.58 Å². The number of para-hydroxylation sites is 1. The zero-order chi connectivity index (χ0) is 16.7. The molecule has 6 heteroatoms. The summed E-state index contributed by atoms with van der Waals surface area (Å²) >= 11 is 5.92. The molecule has 0 radical (unpaired) electrons. The van der Waals surface area contributed by atoms with Gasteiger partial charge < -0.3 is 9.32 Å². The molecule has 0 spiro atoms. The third-order valence-electron chi connectivity index (χ3n) is 4.33. The topological polar surface area (TPSA) is 55.5 Å². The number of aryl methyl sites for hydroxylation is 1. The molecule has 0 saturated carbocycles. The van der Waals surface area contributed by atoms with Crippen LogP contribution in [0.25, 0.3) is 11.1 Å². The van der Waals surface area contributed by atoms with E-state index in [1.807, 2.05) is 24.3 Å². The third-order valence-corrected chi connectivity index (χ3v) is 4.57. The molecule has 3 aromatic rings. The second-order valence-corrected chi connectivity index (χ2v) is 6.28. The number of fused-ring (bicyclic) bond motifs is 2. The molecule has 2 heterocycles. The lowest BCUT2D eigenvalue weighted by molar-refractivity contribution is -0.119. The van der Waals surface area contributed by atoms with Crippen molar-refractivity contribution < 1.29 is 9.21 Å². The zero-order valence-electron chi connectivity index (χ0n) is 12.9. The van der Waals surface area contributed by atoms with E-state index >= 15 is 0 Å². The van der Waals surface area contributed by atoms with Gasteiger partial charge in [0, 0.05) is 23.3 Å². The van der Waals surface area contributed by atoms with Crippen LogP contribution in [0.2, 0.25) is 5.02 Å². The quantitative estimate of drug-likeness (QED) is 0.718. The first-order chi connectivity index (χ1) is 11.6. The fourth-order valence-electron chi connectivity index (χ4n) is 3.20. The molecule has 24 heavy (non-hydrogen) atoms. The van der Waals surface area contributed by atoms with Gasteiger partial charge in [-0.2, -0.15) is 0 Å². The van der Waals surface area contributed by atoms with Crippen LogP contribution in [-0.4, -0.2) is 17.0 Å². The minimum absolute atomic E-state index is 0.0538. The minimum atomic E-state index is -0.550. The van der Waals surface area contributed by atoms with Gasteiger partial charge in [-0.1, -0.05) is 29.8 Å². The molecule has 0 fully saturated rings. The van der Waals surface area contributed by atoms with Crippen LogP contribution in [0.3, 0.4) is 0 Å².